The molecule has 0 aliphatic carbocycles. The molecule has 1 rings (SSSR count). The molecule has 0 amide bonds. The Morgan fingerprint density at radius 2 is 1.44 bits per heavy atom. The van der Waals surface area contributed by atoms with Gasteiger partial charge in [-0.25, -0.2) is 8.78 Å². The van der Waals surface area contributed by atoms with Gasteiger partial charge in [0.05, 0.1) is 6.54 Å². The number of halogens is 2. The predicted octanol–water partition coefficient (Wildman–Crippen LogP) is 4.96. The van der Waals surface area contributed by atoms with E-state index >= 15 is 0 Å². The smallest absolute Gasteiger partial charge is 0.321 e. The fraction of sp³-hybridized carbons (Fsp3) is 0.600. The van der Waals surface area contributed by atoms with Crippen molar-refractivity contribution in [2.45, 2.75) is 78.1 Å². The highest BCUT2D eigenvalue weighted by Gasteiger charge is 2.40. The monoisotopic (exact) mass is 451 g/mol. The van der Waals surface area contributed by atoms with Crippen molar-refractivity contribution in [2.24, 2.45) is 5.41 Å². The van der Waals surface area contributed by atoms with Gasteiger partial charge >= 0.3 is 11.9 Å². The molecule has 0 aliphatic heterocycles. The van der Waals surface area contributed by atoms with E-state index in [1.165, 1.54) is 25.7 Å². The minimum atomic E-state index is -1.95. The highest BCUT2D eigenvalue weighted by molar-refractivity contribution is 5.98. The van der Waals surface area contributed by atoms with Crippen LogP contribution in [0.3, 0.4) is 0 Å². The number of benzene rings is 1. The first-order valence-electron chi connectivity index (χ1n) is 11.3. The number of hydrogen-bond donors (Lipinski definition) is 3. The molecule has 3 N–H and O–H groups in total. The number of carboxylic acid groups (broad SMARTS) is 2. The molecule has 5 nitrogen and oxygen atoms in total. The first-order valence-corrected chi connectivity index (χ1v) is 11.3. The summed E-state index contributed by atoms with van der Waals surface area (Å²) < 4.78 is 28.7. The number of unbranched alkanes of at least 4 members (excludes halogenated alkanes) is 6. The van der Waals surface area contributed by atoms with Crippen molar-refractivity contribution in [3.8, 4) is 11.8 Å². The van der Waals surface area contributed by atoms with E-state index in [1.54, 1.807) is 12.1 Å². The zero-order valence-corrected chi connectivity index (χ0v) is 19.1. The van der Waals surface area contributed by atoms with Gasteiger partial charge in [-0.15, -0.1) is 5.92 Å². The molecule has 0 saturated carbocycles. The van der Waals surface area contributed by atoms with Crippen LogP contribution in [0.2, 0.25) is 0 Å². The van der Waals surface area contributed by atoms with Crippen molar-refractivity contribution >= 4 is 11.9 Å². The number of aryl methyl sites for hydroxylation is 1. The summed E-state index contributed by atoms with van der Waals surface area (Å²) in [6, 6.07) is 3.27. The molecule has 0 aromatic heterocycles. The van der Waals surface area contributed by atoms with E-state index in [9.17, 15) is 18.4 Å². The molecule has 0 spiro atoms. The quantitative estimate of drug-likeness (QED) is 0.199. The molecule has 0 bridgehead atoms. The normalized spacial score (nSPS) is 11.1. The lowest BCUT2D eigenvalue weighted by atomic mass is 9.87. The van der Waals surface area contributed by atoms with Crippen LogP contribution in [0.4, 0.5) is 8.78 Å². The Hall–Kier alpha value is -2.46. The molecule has 0 heterocycles. The Balaban J connectivity index is 2.40. The maximum atomic E-state index is 14.3. The van der Waals surface area contributed by atoms with Gasteiger partial charge in [-0.2, -0.15) is 0 Å². The fourth-order valence-corrected chi connectivity index (χ4v) is 3.21. The molecule has 0 unspecified atom stereocenters. The average Bonchev–Trinajstić information content (AvgIpc) is 2.75. The van der Waals surface area contributed by atoms with Gasteiger partial charge in [-0.1, -0.05) is 63.5 Å². The Kier molecular flexibility index (Phi) is 12.6. The van der Waals surface area contributed by atoms with Gasteiger partial charge in [-0.3, -0.25) is 9.59 Å². The van der Waals surface area contributed by atoms with E-state index in [-0.39, 0.29) is 24.9 Å². The van der Waals surface area contributed by atoms with Crippen LogP contribution in [0.25, 0.3) is 0 Å². The summed E-state index contributed by atoms with van der Waals surface area (Å²) in [7, 11) is 0. The molecule has 32 heavy (non-hydrogen) atoms. The first-order chi connectivity index (χ1) is 15.2. The van der Waals surface area contributed by atoms with Crippen molar-refractivity contribution in [3.05, 3.63) is 34.9 Å². The highest BCUT2D eigenvalue weighted by Crippen LogP contribution is 2.21. The van der Waals surface area contributed by atoms with Crippen LogP contribution < -0.4 is 5.32 Å². The summed E-state index contributed by atoms with van der Waals surface area (Å²) in [6.07, 6.45) is 8.39. The minimum absolute atomic E-state index is 0.190. The Morgan fingerprint density at radius 3 is 2.00 bits per heavy atom. The number of aliphatic carboxylic acids is 2. The zero-order chi connectivity index (χ0) is 24.0. The second-order valence-electron chi connectivity index (χ2n) is 8.28. The topological polar surface area (TPSA) is 86.6 Å². The summed E-state index contributed by atoms with van der Waals surface area (Å²) in [6.45, 7) is 3.83. The molecular weight excluding hydrogens is 416 g/mol. The highest BCUT2D eigenvalue weighted by atomic mass is 19.2. The Labute approximate surface area is 189 Å². The standard InChI is InChI=1S/C25H35F2NO4/c1-3-4-5-6-7-8-9-12-19-13-14-20(22(27)21(19)26)15-18-28-17-11-10-16-25(2,23(29)30)24(31)32/h13-14,28H,3-9,12,15-18H2,1-2H3,(H,29,30)(H,31,32). The number of carbonyl (C=O) groups is 2. The third kappa shape index (κ3) is 8.96. The first kappa shape index (κ1) is 27.6. The van der Waals surface area contributed by atoms with Gasteiger partial charge < -0.3 is 15.5 Å². The van der Waals surface area contributed by atoms with Gasteiger partial charge in [0.2, 0.25) is 0 Å². The number of nitrogens with one attached hydrogen (secondary N) is 1. The van der Waals surface area contributed by atoms with Crippen molar-refractivity contribution in [1.29, 1.82) is 0 Å². The molecule has 178 valence electrons. The van der Waals surface area contributed by atoms with Crippen LogP contribution in [-0.4, -0.2) is 35.2 Å². The van der Waals surface area contributed by atoms with E-state index in [2.05, 4.69) is 24.1 Å². The fourth-order valence-electron chi connectivity index (χ4n) is 3.21. The summed E-state index contributed by atoms with van der Waals surface area (Å²) in [5.74, 6) is 0.741. The molecule has 1 aromatic rings. The molecular formula is C25H35F2NO4. The van der Waals surface area contributed by atoms with Gasteiger partial charge in [0, 0.05) is 13.0 Å². The lowest BCUT2D eigenvalue weighted by molar-refractivity contribution is -0.162. The van der Waals surface area contributed by atoms with Crippen LogP contribution >= 0.6 is 0 Å². The van der Waals surface area contributed by atoms with E-state index in [0.717, 1.165) is 26.2 Å². The Morgan fingerprint density at radius 1 is 0.906 bits per heavy atom. The molecule has 1 aromatic carbocycles. The summed E-state index contributed by atoms with van der Waals surface area (Å²) in [5.41, 5.74) is -1.25. The van der Waals surface area contributed by atoms with Crippen molar-refractivity contribution in [3.63, 3.8) is 0 Å². The predicted molar refractivity (Wildman–Crippen MR) is 120 cm³/mol. The van der Waals surface area contributed by atoms with Gasteiger partial charge in [0.15, 0.2) is 17.0 Å². The molecule has 7 heteroatoms. The van der Waals surface area contributed by atoms with E-state index in [1.807, 2.05) is 0 Å². The third-order valence-corrected chi connectivity index (χ3v) is 5.59. The number of hydrogen-bond acceptors (Lipinski definition) is 3. The molecule has 0 fully saturated rings. The molecule has 0 atom stereocenters. The summed E-state index contributed by atoms with van der Waals surface area (Å²) in [5, 5.41) is 21.0. The summed E-state index contributed by atoms with van der Waals surface area (Å²) in [4.78, 5) is 22.1. The second kappa shape index (κ2) is 14.6. The van der Waals surface area contributed by atoms with Crippen molar-refractivity contribution in [1.82, 2.24) is 5.32 Å². The lowest BCUT2D eigenvalue weighted by Gasteiger charge is -2.15. The van der Waals surface area contributed by atoms with Crippen LogP contribution in [0, 0.1) is 28.9 Å². The number of carboxylic acids is 2. The average molecular weight is 452 g/mol. The molecule has 0 aliphatic rings. The van der Waals surface area contributed by atoms with Crippen molar-refractivity contribution < 1.29 is 28.6 Å². The zero-order valence-electron chi connectivity index (χ0n) is 19.1. The lowest BCUT2D eigenvalue weighted by Crippen LogP contribution is -2.35. The molecule has 0 radical (unpaired) electrons. The number of rotatable bonds is 15. The maximum absolute atomic E-state index is 14.3. The largest absolute Gasteiger partial charge is 0.480 e. The minimum Gasteiger partial charge on any atom is -0.480 e. The maximum Gasteiger partial charge on any atom is 0.321 e. The second-order valence-corrected chi connectivity index (χ2v) is 8.28. The van der Waals surface area contributed by atoms with Crippen LogP contribution in [0.5, 0.6) is 0 Å². The van der Waals surface area contributed by atoms with Crippen LogP contribution in [0.1, 0.15) is 76.3 Å². The van der Waals surface area contributed by atoms with E-state index in [4.69, 9.17) is 10.2 Å². The SMILES string of the molecule is CCCCCCCCCc1ccc(CCNCC#CCC(C)(C(=O)O)C(=O)O)c(F)c1F. The van der Waals surface area contributed by atoms with E-state index < -0.39 is 29.0 Å². The van der Waals surface area contributed by atoms with Crippen LogP contribution in [-0.2, 0) is 22.4 Å². The third-order valence-electron chi connectivity index (χ3n) is 5.59. The van der Waals surface area contributed by atoms with Gasteiger partial charge in [-0.05, 0) is 37.3 Å². The van der Waals surface area contributed by atoms with E-state index in [0.29, 0.717) is 18.5 Å². The van der Waals surface area contributed by atoms with Gasteiger partial charge in [0.1, 0.15) is 0 Å². The Bertz CT molecular complexity index is 800. The molecule has 0 saturated heterocycles. The van der Waals surface area contributed by atoms with Crippen molar-refractivity contribution in [2.75, 3.05) is 13.1 Å². The van der Waals surface area contributed by atoms with Crippen LogP contribution in [0.15, 0.2) is 12.1 Å². The van der Waals surface area contributed by atoms with Gasteiger partial charge in [0.25, 0.3) is 0 Å². The summed E-state index contributed by atoms with van der Waals surface area (Å²) >= 11 is 0.